The minimum absolute atomic E-state index is 0.0378. The van der Waals surface area contributed by atoms with E-state index in [1.165, 1.54) is 4.90 Å². The molecule has 0 saturated carbocycles. The first-order valence-electron chi connectivity index (χ1n) is 14.6. The van der Waals surface area contributed by atoms with Crippen LogP contribution in [0.4, 0.5) is 11.4 Å². The predicted octanol–water partition coefficient (Wildman–Crippen LogP) is 4.49. The van der Waals surface area contributed by atoms with Gasteiger partial charge in [-0.1, -0.05) is 66.2 Å². The Kier molecular flexibility index (Phi) is 5.84. The molecule has 2 aliphatic heterocycles. The van der Waals surface area contributed by atoms with Gasteiger partial charge in [-0.15, -0.1) is 0 Å². The molecular weight excluding hydrogens is 556 g/mol. The number of fused-ring (bicyclic) bond motifs is 1. The zero-order chi connectivity index (χ0) is 30.0. The van der Waals surface area contributed by atoms with Crippen molar-refractivity contribution in [3.63, 3.8) is 0 Å². The third kappa shape index (κ3) is 3.71. The fraction of sp³-hybridized carbons (Fsp3) is 0.200. The van der Waals surface area contributed by atoms with Crippen molar-refractivity contribution in [3.8, 4) is 11.5 Å². The average Bonchev–Trinajstić information content (AvgIpc) is 3.62. The molecular formula is C35H28N4O5. The lowest BCUT2D eigenvalue weighted by atomic mass is 9.47. The van der Waals surface area contributed by atoms with Crippen LogP contribution in [0.1, 0.15) is 33.7 Å². The van der Waals surface area contributed by atoms with E-state index in [9.17, 15) is 14.4 Å². The minimum atomic E-state index is -1.06. The number of benzene rings is 4. The van der Waals surface area contributed by atoms with Crippen LogP contribution in [0.5, 0.6) is 11.5 Å². The molecule has 0 aromatic heterocycles. The highest BCUT2D eigenvalue weighted by Gasteiger charge is 2.68. The van der Waals surface area contributed by atoms with Crippen LogP contribution in [0.15, 0.2) is 96.1 Å². The van der Waals surface area contributed by atoms with Gasteiger partial charge in [-0.25, -0.2) is 10.3 Å². The molecule has 3 aliphatic carbocycles. The third-order valence-corrected chi connectivity index (χ3v) is 9.26. The van der Waals surface area contributed by atoms with Crippen molar-refractivity contribution >= 4 is 35.3 Å². The number of nitrogens with one attached hydrogen (secondary N) is 2. The first-order valence-corrected chi connectivity index (χ1v) is 14.6. The highest BCUT2D eigenvalue weighted by atomic mass is 16.7. The summed E-state index contributed by atoms with van der Waals surface area (Å²) >= 11 is 0. The summed E-state index contributed by atoms with van der Waals surface area (Å²) in [5, 5.41) is 7.54. The van der Waals surface area contributed by atoms with Crippen LogP contribution in [-0.2, 0) is 19.8 Å². The van der Waals surface area contributed by atoms with Crippen molar-refractivity contribution < 1.29 is 23.9 Å². The fourth-order valence-electron chi connectivity index (χ4n) is 7.43. The number of imide groups is 1. The summed E-state index contributed by atoms with van der Waals surface area (Å²) in [5.74, 6) is -1.17. The van der Waals surface area contributed by atoms with E-state index in [0.29, 0.717) is 22.9 Å². The second-order valence-corrected chi connectivity index (χ2v) is 11.6. The van der Waals surface area contributed by atoms with Crippen molar-refractivity contribution in [3.05, 3.63) is 119 Å². The van der Waals surface area contributed by atoms with Crippen molar-refractivity contribution in [2.24, 2.45) is 16.9 Å². The van der Waals surface area contributed by atoms with Gasteiger partial charge >= 0.3 is 0 Å². The van der Waals surface area contributed by atoms with E-state index in [0.717, 1.165) is 27.8 Å². The molecule has 0 spiro atoms. The molecule has 5 aliphatic rings. The topological polar surface area (TPSA) is 109 Å². The smallest absolute Gasteiger partial charge is 0.259 e. The molecule has 2 heterocycles. The van der Waals surface area contributed by atoms with E-state index >= 15 is 0 Å². The lowest BCUT2D eigenvalue weighted by molar-refractivity contribution is -0.122. The maximum Gasteiger partial charge on any atom is 0.259 e. The molecule has 9 heteroatoms. The number of aryl methyl sites for hydroxylation is 1. The molecule has 0 unspecified atom stereocenters. The number of rotatable bonds is 6. The van der Waals surface area contributed by atoms with Gasteiger partial charge in [0.15, 0.2) is 11.5 Å². The minimum Gasteiger partial charge on any atom is -0.454 e. The van der Waals surface area contributed by atoms with Gasteiger partial charge in [0, 0.05) is 23.9 Å². The van der Waals surface area contributed by atoms with Gasteiger partial charge in [0.05, 0.1) is 29.5 Å². The number of hydrazone groups is 1. The lowest BCUT2D eigenvalue weighted by Crippen LogP contribution is -2.54. The predicted molar refractivity (Wildman–Crippen MR) is 164 cm³/mol. The summed E-state index contributed by atoms with van der Waals surface area (Å²) in [4.78, 5) is 42.9. The number of hydrogen-bond donors (Lipinski definition) is 2. The summed E-state index contributed by atoms with van der Waals surface area (Å²) in [5.41, 5.74) is 7.74. The summed E-state index contributed by atoms with van der Waals surface area (Å²) in [6.07, 6.45) is 1.67. The van der Waals surface area contributed by atoms with Crippen molar-refractivity contribution in [2.45, 2.75) is 18.3 Å². The molecule has 3 amide bonds. The maximum absolute atomic E-state index is 14.4. The number of carbonyl (C=O) groups excluding carboxylic acids is 3. The average molecular weight is 585 g/mol. The quantitative estimate of drug-likeness (QED) is 0.196. The number of carbonyl (C=O) groups is 3. The second-order valence-electron chi connectivity index (χ2n) is 11.6. The molecule has 2 N–H and O–H groups in total. The van der Waals surface area contributed by atoms with E-state index in [4.69, 9.17) is 9.47 Å². The molecule has 2 atom stereocenters. The molecule has 4 aromatic carbocycles. The Morgan fingerprint density at radius 2 is 1.59 bits per heavy atom. The van der Waals surface area contributed by atoms with Crippen LogP contribution in [0, 0.1) is 18.8 Å². The summed E-state index contributed by atoms with van der Waals surface area (Å²) in [6.45, 7) is 2.10. The van der Waals surface area contributed by atoms with E-state index in [1.54, 1.807) is 24.4 Å². The largest absolute Gasteiger partial charge is 0.454 e. The number of anilines is 2. The number of ether oxygens (including phenoxy) is 2. The van der Waals surface area contributed by atoms with Gasteiger partial charge in [0.25, 0.3) is 5.91 Å². The monoisotopic (exact) mass is 584 g/mol. The van der Waals surface area contributed by atoms with E-state index in [1.807, 2.05) is 79.7 Å². The first-order chi connectivity index (χ1) is 21.5. The zero-order valence-corrected chi connectivity index (χ0v) is 23.8. The standard InChI is InChI=1S/C35H28N4O5/c1-20-10-13-22(14-11-20)39-33(41)31-30-23-6-2-4-8-25(23)35(32(31)34(39)42,26-9-5-3-7-24(26)30)18-37-38-29(40)17-36-21-12-15-27-28(16-21)44-19-43-27/h2-16,18,30-32,36H,17,19H2,1H3,(H,38,40)/b37-18+/t30?,31-,32+,35?/m0/s1. The molecule has 9 rings (SSSR count). The first kappa shape index (κ1) is 26.2. The Morgan fingerprint density at radius 1 is 0.909 bits per heavy atom. The maximum atomic E-state index is 14.4. The second kappa shape index (κ2) is 9.80. The van der Waals surface area contributed by atoms with Gasteiger partial charge in [-0.05, 0) is 53.4 Å². The van der Waals surface area contributed by atoms with Crippen LogP contribution in [0.25, 0.3) is 0 Å². The fourth-order valence-corrected chi connectivity index (χ4v) is 7.43. The lowest BCUT2D eigenvalue weighted by Gasteiger charge is -2.52. The summed E-state index contributed by atoms with van der Waals surface area (Å²) < 4.78 is 10.8. The van der Waals surface area contributed by atoms with Crippen LogP contribution in [0.2, 0.25) is 0 Å². The van der Waals surface area contributed by atoms with Crippen LogP contribution >= 0.6 is 0 Å². The van der Waals surface area contributed by atoms with Crippen LogP contribution in [-0.4, -0.2) is 37.3 Å². The molecule has 0 radical (unpaired) electrons. The van der Waals surface area contributed by atoms with E-state index in [-0.39, 0.29) is 37.0 Å². The molecule has 44 heavy (non-hydrogen) atoms. The van der Waals surface area contributed by atoms with Gasteiger partial charge in [0.2, 0.25) is 18.6 Å². The van der Waals surface area contributed by atoms with Gasteiger partial charge in [-0.3, -0.25) is 14.4 Å². The third-order valence-electron chi connectivity index (χ3n) is 9.26. The van der Waals surface area contributed by atoms with Gasteiger partial charge in [-0.2, -0.15) is 5.10 Å². The zero-order valence-electron chi connectivity index (χ0n) is 23.8. The van der Waals surface area contributed by atoms with E-state index < -0.39 is 17.3 Å². The molecule has 218 valence electrons. The van der Waals surface area contributed by atoms with Gasteiger partial charge < -0.3 is 14.8 Å². The number of nitrogens with zero attached hydrogens (tertiary/aromatic N) is 2. The molecule has 2 bridgehead atoms. The Morgan fingerprint density at radius 3 is 2.32 bits per heavy atom. The van der Waals surface area contributed by atoms with Crippen molar-refractivity contribution in [1.29, 1.82) is 0 Å². The van der Waals surface area contributed by atoms with Crippen molar-refractivity contribution in [2.75, 3.05) is 23.6 Å². The van der Waals surface area contributed by atoms with E-state index in [2.05, 4.69) is 15.8 Å². The Balaban J connectivity index is 1.16. The highest BCUT2D eigenvalue weighted by molar-refractivity contribution is 6.25. The molecule has 1 fully saturated rings. The van der Waals surface area contributed by atoms with Crippen molar-refractivity contribution in [1.82, 2.24) is 5.43 Å². The highest BCUT2D eigenvalue weighted by Crippen LogP contribution is 2.63. The number of hydrogen-bond acceptors (Lipinski definition) is 7. The van der Waals surface area contributed by atoms with Crippen LogP contribution < -0.4 is 25.1 Å². The normalized spacial score (nSPS) is 23.8. The Bertz CT molecular complexity index is 1840. The summed E-state index contributed by atoms with van der Waals surface area (Å²) in [6, 6.07) is 28.7. The Labute approximate surface area is 253 Å². The van der Waals surface area contributed by atoms with Gasteiger partial charge in [0.1, 0.15) is 0 Å². The Hall–Kier alpha value is -5.44. The molecule has 1 saturated heterocycles. The summed E-state index contributed by atoms with van der Waals surface area (Å²) in [7, 11) is 0. The molecule has 4 aromatic rings. The molecule has 9 nitrogen and oxygen atoms in total. The van der Waals surface area contributed by atoms with Crippen LogP contribution in [0.3, 0.4) is 0 Å². The SMILES string of the molecule is Cc1ccc(N2C(=O)[C@H]3C4c5ccccc5C(/C=N/NC(=O)CNc5ccc6c(c5)OCO6)(c5ccccc54)[C@H]3C2=O)cc1. The number of amides is 3.